The second kappa shape index (κ2) is 7.22. The molecule has 0 saturated carbocycles. The number of hydrogen-bond donors (Lipinski definition) is 1. The molecule has 0 spiro atoms. The Balaban J connectivity index is 1.85. The van der Waals surface area contributed by atoms with E-state index in [-0.39, 0.29) is 23.4 Å². The van der Waals surface area contributed by atoms with Gasteiger partial charge in [-0.25, -0.2) is 0 Å². The van der Waals surface area contributed by atoms with Crippen molar-refractivity contribution in [3.63, 3.8) is 0 Å². The van der Waals surface area contributed by atoms with Crippen LogP contribution in [0.25, 0.3) is 0 Å². The van der Waals surface area contributed by atoms with Gasteiger partial charge in [0, 0.05) is 17.2 Å². The molecular weight excluding hydrogens is 302 g/mol. The van der Waals surface area contributed by atoms with Crippen LogP contribution in [0.15, 0.2) is 33.9 Å². The van der Waals surface area contributed by atoms with Crippen LogP contribution < -0.4 is 5.32 Å². The van der Waals surface area contributed by atoms with Crippen LogP contribution in [0.5, 0.6) is 0 Å². The minimum Gasteiger partial charge on any atom is -0.416 e. The normalized spacial score (nSPS) is 10.7. The molecule has 2 rings (SSSR count). The maximum atomic E-state index is 11.9. The van der Waals surface area contributed by atoms with E-state index in [1.807, 2.05) is 13.8 Å². The predicted octanol–water partition coefficient (Wildman–Crippen LogP) is 3.13. The molecule has 1 N–H and O–H groups in total. The number of Topliss-reactive ketones (excluding diaryl/α,β-unsaturated/α-hetero) is 1. The zero-order chi connectivity index (χ0) is 16.1. The summed E-state index contributed by atoms with van der Waals surface area (Å²) in [5.74, 6) is 0.711. The molecule has 0 aliphatic carbocycles. The van der Waals surface area contributed by atoms with E-state index in [0.717, 1.165) is 0 Å². The molecule has 1 heterocycles. The first-order valence-corrected chi connectivity index (χ1v) is 7.81. The number of hydrogen-bond acceptors (Lipinski definition) is 6. The van der Waals surface area contributed by atoms with Crippen molar-refractivity contribution in [1.29, 1.82) is 0 Å². The SMILES string of the molecule is CC(=O)c1ccc(NC(=O)CSc2nnc(C(C)C)o2)cc1. The number of rotatable bonds is 6. The zero-order valence-electron chi connectivity index (χ0n) is 12.6. The first kappa shape index (κ1) is 16.2. The molecule has 7 heteroatoms. The summed E-state index contributed by atoms with van der Waals surface area (Å²) in [6, 6.07) is 6.75. The average Bonchev–Trinajstić information content (AvgIpc) is 2.95. The molecule has 0 aliphatic rings. The molecule has 0 aliphatic heterocycles. The quantitative estimate of drug-likeness (QED) is 0.650. The van der Waals surface area contributed by atoms with E-state index < -0.39 is 0 Å². The van der Waals surface area contributed by atoms with Crippen molar-refractivity contribution in [1.82, 2.24) is 10.2 Å². The lowest BCUT2D eigenvalue weighted by Crippen LogP contribution is -2.14. The van der Waals surface area contributed by atoms with Gasteiger partial charge >= 0.3 is 0 Å². The Bertz CT molecular complexity index is 665. The van der Waals surface area contributed by atoms with Gasteiger partial charge in [0.25, 0.3) is 5.22 Å². The molecule has 0 bridgehead atoms. The molecule has 1 aromatic heterocycles. The average molecular weight is 319 g/mol. The fraction of sp³-hybridized carbons (Fsp3) is 0.333. The van der Waals surface area contributed by atoms with Gasteiger partial charge in [0.1, 0.15) is 0 Å². The van der Waals surface area contributed by atoms with Crippen LogP contribution >= 0.6 is 11.8 Å². The fourth-order valence-corrected chi connectivity index (χ4v) is 2.19. The number of benzene rings is 1. The lowest BCUT2D eigenvalue weighted by molar-refractivity contribution is -0.113. The second-order valence-electron chi connectivity index (χ2n) is 5.03. The number of carbonyl (C=O) groups excluding carboxylic acids is 2. The van der Waals surface area contributed by atoms with Gasteiger partial charge in [-0.15, -0.1) is 10.2 Å². The predicted molar refractivity (Wildman–Crippen MR) is 84.2 cm³/mol. The van der Waals surface area contributed by atoms with Crippen LogP contribution in [0.2, 0.25) is 0 Å². The van der Waals surface area contributed by atoms with E-state index in [1.54, 1.807) is 24.3 Å². The highest BCUT2D eigenvalue weighted by Gasteiger charge is 2.12. The lowest BCUT2D eigenvalue weighted by atomic mass is 10.1. The molecule has 6 nitrogen and oxygen atoms in total. The third kappa shape index (κ3) is 4.42. The number of nitrogens with zero attached hydrogens (tertiary/aromatic N) is 2. The van der Waals surface area contributed by atoms with Crippen LogP contribution in [0.3, 0.4) is 0 Å². The van der Waals surface area contributed by atoms with E-state index in [0.29, 0.717) is 22.4 Å². The van der Waals surface area contributed by atoms with Crippen molar-refractivity contribution in [2.75, 3.05) is 11.1 Å². The van der Waals surface area contributed by atoms with E-state index in [9.17, 15) is 9.59 Å². The number of nitrogens with one attached hydrogen (secondary N) is 1. The third-order valence-corrected chi connectivity index (χ3v) is 3.64. The van der Waals surface area contributed by atoms with Crippen LogP contribution in [0, 0.1) is 0 Å². The zero-order valence-corrected chi connectivity index (χ0v) is 13.4. The Kier molecular flexibility index (Phi) is 5.32. The van der Waals surface area contributed by atoms with Crippen molar-refractivity contribution < 1.29 is 14.0 Å². The smallest absolute Gasteiger partial charge is 0.277 e. The van der Waals surface area contributed by atoms with Crippen molar-refractivity contribution in [3.8, 4) is 0 Å². The molecular formula is C15H17N3O3S. The highest BCUT2D eigenvalue weighted by Crippen LogP contribution is 2.20. The minimum absolute atomic E-state index is 0.00853. The number of aromatic nitrogens is 2. The van der Waals surface area contributed by atoms with Gasteiger partial charge in [0.05, 0.1) is 5.75 Å². The summed E-state index contributed by atoms with van der Waals surface area (Å²) < 4.78 is 5.41. The number of anilines is 1. The third-order valence-electron chi connectivity index (χ3n) is 2.82. The standard InChI is InChI=1S/C15H17N3O3S/c1-9(2)14-17-18-15(21-14)22-8-13(20)16-12-6-4-11(5-7-12)10(3)19/h4-7,9H,8H2,1-3H3,(H,16,20). The van der Waals surface area contributed by atoms with Gasteiger partial charge in [0.15, 0.2) is 5.78 Å². The number of carbonyl (C=O) groups is 2. The van der Waals surface area contributed by atoms with E-state index in [4.69, 9.17) is 4.42 Å². The van der Waals surface area contributed by atoms with Crippen LogP contribution in [-0.2, 0) is 4.79 Å². The molecule has 1 amide bonds. The summed E-state index contributed by atoms with van der Waals surface area (Å²) in [5.41, 5.74) is 1.25. The summed E-state index contributed by atoms with van der Waals surface area (Å²) in [7, 11) is 0. The summed E-state index contributed by atoms with van der Waals surface area (Å²) in [5, 5.41) is 10.9. The van der Waals surface area contributed by atoms with Gasteiger partial charge < -0.3 is 9.73 Å². The second-order valence-corrected chi connectivity index (χ2v) is 5.96. The molecule has 1 aromatic carbocycles. The maximum absolute atomic E-state index is 11.9. The Morgan fingerprint density at radius 3 is 2.45 bits per heavy atom. The molecule has 2 aromatic rings. The van der Waals surface area contributed by atoms with E-state index in [1.165, 1.54) is 18.7 Å². The van der Waals surface area contributed by atoms with Gasteiger partial charge in [-0.05, 0) is 31.2 Å². The van der Waals surface area contributed by atoms with Crippen molar-refractivity contribution >= 4 is 29.1 Å². The molecule has 116 valence electrons. The number of thioether (sulfide) groups is 1. The molecule has 22 heavy (non-hydrogen) atoms. The Labute approximate surface area is 132 Å². The molecule has 0 fully saturated rings. The first-order chi connectivity index (χ1) is 10.5. The largest absolute Gasteiger partial charge is 0.416 e. The van der Waals surface area contributed by atoms with Gasteiger partial charge in [-0.3, -0.25) is 9.59 Å². The molecule has 0 atom stereocenters. The Morgan fingerprint density at radius 2 is 1.91 bits per heavy atom. The van der Waals surface area contributed by atoms with Crippen LogP contribution in [0.4, 0.5) is 5.69 Å². The fourth-order valence-electron chi connectivity index (χ4n) is 1.62. The Morgan fingerprint density at radius 1 is 1.23 bits per heavy atom. The first-order valence-electron chi connectivity index (χ1n) is 6.82. The van der Waals surface area contributed by atoms with Crippen molar-refractivity contribution in [3.05, 3.63) is 35.7 Å². The highest BCUT2D eigenvalue weighted by atomic mass is 32.2. The lowest BCUT2D eigenvalue weighted by Gasteiger charge is -2.04. The topological polar surface area (TPSA) is 85.1 Å². The molecule has 0 radical (unpaired) electrons. The summed E-state index contributed by atoms with van der Waals surface area (Å²) in [6.45, 7) is 5.42. The summed E-state index contributed by atoms with van der Waals surface area (Å²) in [4.78, 5) is 23.0. The van der Waals surface area contributed by atoms with E-state index >= 15 is 0 Å². The van der Waals surface area contributed by atoms with Crippen molar-refractivity contribution in [2.45, 2.75) is 31.9 Å². The highest BCUT2D eigenvalue weighted by molar-refractivity contribution is 7.99. The monoisotopic (exact) mass is 319 g/mol. The molecule has 0 saturated heterocycles. The number of amides is 1. The summed E-state index contributed by atoms with van der Waals surface area (Å²) >= 11 is 1.19. The van der Waals surface area contributed by atoms with Gasteiger partial charge in [-0.2, -0.15) is 0 Å². The number of ketones is 1. The van der Waals surface area contributed by atoms with Crippen LogP contribution in [0.1, 0.15) is 42.9 Å². The van der Waals surface area contributed by atoms with Crippen molar-refractivity contribution in [2.24, 2.45) is 0 Å². The van der Waals surface area contributed by atoms with Crippen LogP contribution in [-0.4, -0.2) is 27.6 Å². The maximum Gasteiger partial charge on any atom is 0.277 e. The van der Waals surface area contributed by atoms with Gasteiger partial charge in [0.2, 0.25) is 11.8 Å². The van der Waals surface area contributed by atoms with Gasteiger partial charge in [-0.1, -0.05) is 25.6 Å². The summed E-state index contributed by atoms with van der Waals surface area (Å²) in [6.07, 6.45) is 0. The minimum atomic E-state index is -0.176. The van der Waals surface area contributed by atoms with E-state index in [2.05, 4.69) is 15.5 Å². The molecule has 0 unspecified atom stereocenters. The Hall–Kier alpha value is -2.15.